The zero-order valence-electron chi connectivity index (χ0n) is 2.60. The first kappa shape index (κ1) is 16.0. The summed E-state index contributed by atoms with van der Waals surface area (Å²) in [4.78, 5) is 8.44. The fourth-order valence-electron chi connectivity index (χ4n) is 0. The van der Waals surface area contributed by atoms with Crippen molar-refractivity contribution in [3.8, 4) is 0 Å². The van der Waals surface area contributed by atoms with Gasteiger partial charge in [0.15, 0.2) is 0 Å². The Hall–Kier alpha value is 0.516. The number of hydrogen-bond acceptors (Lipinski definition) is 2. The van der Waals surface area contributed by atoms with Gasteiger partial charge in [0.1, 0.15) is 0 Å². The van der Waals surface area contributed by atoms with E-state index in [1.807, 2.05) is 0 Å². The molecule has 0 aromatic rings. The molecule has 5 heteroatoms. The van der Waals surface area contributed by atoms with Gasteiger partial charge in [0, 0.05) is 38.6 Å². The Kier molecular flexibility index (Phi) is 24.3. The van der Waals surface area contributed by atoms with Crippen LogP contribution in [0.5, 0.6) is 0 Å². The van der Waals surface area contributed by atoms with E-state index in [4.69, 9.17) is 15.0 Å². The molecular formula is CH3O4Tb-. The minimum Gasteiger partial charge on any atom is -0.565 e. The number of carboxylic acid groups (broad SMARTS) is 2. The van der Waals surface area contributed by atoms with Gasteiger partial charge in [-0.15, -0.1) is 0 Å². The summed E-state index contributed by atoms with van der Waals surface area (Å²) in [6.07, 6.45) is -2.08. The molecule has 0 aliphatic heterocycles. The van der Waals surface area contributed by atoms with Crippen LogP contribution in [0.2, 0.25) is 0 Å². The van der Waals surface area contributed by atoms with Gasteiger partial charge < -0.3 is 20.5 Å². The monoisotopic (exact) mass is 238 g/mol. The Morgan fingerprint density at radius 2 is 1.67 bits per heavy atom. The van der Waals surface area contributed by atoms with E-state index >= 15 is 0 Å². The molecule has 0 bridgehead atoms. The molecule has 0 heterocycles. The van der Waals surface area contributed by atoms with Crippen LogP contribution >= 0.6 is 0 Å². The van der Waals surface area contributed by atoms with E-state index in [9.17, 15) is 0 Å². The summed E-state index contributed by atoms with van der Waals surface area (Å²) in [7, 11) is 0. The van der Waals surface area contributed by atoms with Crippen LogP contribution in [0.25, 0.3) is 0 Å². The normalized spacial score (nSPS) is 4.00. The first-order valence-corrected chi connectivity index (χ1v) is 0.632. The van der Waals surface area contributed by atoms with Crippen molar-refractivity contribution in [2.75, 3.05) is 0 Å². The van der Waals surface area contributed by atoms with E-state index in [-0.39, 0.29) is 44.1 Å². The van der Waals surface area contributed by atoms with Crippen molar-refractivity contribution >= 4 is 6.16 Å². The maximum atomic E-state index is 8.44. The molecule has 41 valence electrons. The molecule has 0 aliphatic rings. The van der Waals surface area contributed by atoms with Gasteiger partial charge in [-0.25, -0.2) is 0 Å². The van der Waals surface area contributed by atoms with Crippen LogP contribution in [0.3, 0.4) is 0 Å². The van der Waals surface area contributed by atoms with Gasteiger partial charge in [-0.3, -0.25) is 0 Å². The molecule has 0 amide bonds. The summed E-state index contributed by atoms with van der Waals surface area (Å²) in [5.74, 6) is 0. The van der Waals surface area contributed by atoms with Crippen molar-refractivity contribution in [1.29, 1.82) is 0 Å². The van der Waals surface area contributed by atoms with Crippen LogP contribution in [-0.2, 0) is 0 Å². The molecule has 1 radical (unpaired) electrons. The van der Waals surface area contributed by atoms with E-state index in [1.165, 1.54) is 0 Å². The molecule has 0 atom stereocenters. The molecule has 0 aromatic carbocycles. The molecule has 3 N–H and O–H groups in total. The largest absolute Gasteiger partial charge is 0.565 e. The Balaban J connectivity index is -0.0000000450. The van der Waals surface area contributed by atoms with Crippen molar-refractivity contribution in [2.45, 2.75) is 0 Å². The van der Waals surface area contributed by atoms with Crippen LogP contribution in [0, 0.1) is 38.6 Å². The molecule has 0 aromatic heterocycles. The Morgan fingerprint density at radius 1 is 1.67 bits per heavy atom. The van der Waals surface area contributed by atoms with Crippen molar-refractivity contribution in [3.63, 3.8) is 0 Å². The molecule has 0 fully saturated rings. The zero-order valence-corrected chi connectivity index (χ0v) is 4.74. The third kappa shape index (κ3) is 210. The van der Waals surface area contributed by atoms with Gasteiger partial charge in [-0.05, 0) is 0 Å². The molecule has 0 saturated carbocycles. The van der Waals surface area contributed by atoms with E-state index in [0.717, 1.165) is 0 Å². The Bertz CT molecular complexity index is 30.5. The number of carbonyl (C=O) groups is 1. The summed E-state index contributed by atoms with van der Waals surface area (Å²) in [5, 5.41) is 15.3. The molecule has 0 saturated heterocycles. The Labute approximate surface area is 64.9 Å². The quantitative estimate of drug-likeness (QED) is 0.532. The van der Waals surface area contributed by atoms with Crippen molar-refractivity contribution in [3.05, 3.63) is 0 Å². The third-order valence-electron chi connectivity index (χ3n) is 0. The Morgan fingerprint density at radius 3 is 1.67 bits per heavy atom. The molecule has 0 rings (SSSR count). The summed E-state index contributed by atoms with van der Waals surface area (Å²) in [6.45, 7) is 0. The zero-order chi connectivity index (χ0) is 3.58. The molecule has 6 heavy (non-hydrogen) atoms. The summed E-state index contributed by atoms with van der Waals surface area (Å²) in [6, 6.07) is 0. The average Bonchev–Trinajstić information content (AvgIpc) is 0.811. The van der Waals surface area contributed by atoms with Crippen molar-refractivity contribution in [1.82, 2.24) is 0 Å². The van der Waals surface area contributed by atoms with Gasteiger partial charge in [0.25, 0.3) is 0 Å². The fraction of sp³-hybridized carbons (Fsp3) is 0. The number of rotatable bonds is 0. The van der Waals surface area contributed by atoms with Crippen LogP contribution in [0.4, 0.5) is 4.79 Å². The molecule has 0 unspecified atom stereocenters. The topological polar surface area (TPSA) is 91.9 Å². The second kappa shape index (κ2) is 9.10. The molecule has 0 spiro atoms. The standard InChI is InChI=1S/CH2O3.H2O.Tb/c2-1(3)4;;/h(H2,2,3,4);1H2;/p-1. The van der Waals surface area contributed by atoms with E-state index < -0.39 is 6.16 Å². The maximum Gasteiger partial charge on any atom is 0.249 e. The van der Waals surface area contributed by atoms with Gasteiger partial charge >= 0.3 is 0 Å². The summed E-state index contributed by atoms with van der Waals surface area (Å²) < 4.78 is 0. The van der Waals surface area contributed by atoms with Crippen LogP contribution in [0.1, 0.15) is 0 Å². The summed E-state index contributed by atoms with van der Waals surface area (Å²) in [5.41, 5.74) is 0. The SMILES string of the molecule is O.O=C([O-])O.[Tb]. The predicted molar refractivity (Wildman–Crippen MR) is 11.6 cm³/mol. The fourth-order valence-corrected chi connectivity index (χ4v) is 0. The van der Waals surface area contributed by atoms with Gasteiger partial charge in [0.05, 0.1) is 0 Å². The van der Waals surface area contributed by atoms with Crippen molar-refractivity contribution < 1.29 is 59.1 Å². The van der Waals surface area contributed by atoms with Crippen LogP contribution < -0.4 is 5.11 Å². The summed E-state index contributed by atoms with van der Waals surface area (Å²) >= 11 is 0. The second-order valence-electron chi connectivity index (χ2n) is 0.266. The molecule has 4 nitrogen and oxygen atoms in total. The van der Waals surface area contributed by atoms with E-state index in [0.29, 0.717) is 0 Å². The average molecular weight is 238 g/mol. The van der Waals surface area contributed by atoms with Crippen molar-refractivity contribution in [2.24, 2.45) is 0 Å². The van der Waals surface area contributed by atoms with Crippen LogP contribution in [0.15, 0.2) is 0 Å². The maximum absolute atomic E-state index is 8.44. The minimum atomic E-state index is -2.08. The number of hydrogen-bond donors (Lipinski definition) is 1. The van der Waals surface area contributed by atoms with E-state index in [2.05, 4.69) is 0 Å². The predicted octanol–water partition coefficient (Wildman–Crippen LogP) is -1.94. The van der Waals surface area contributed by atoms with Crippen LogP contribution in [-0.4, -0.2) is 16.7 Å². The third-order valence-corrected chi connectivity index (χ3v) is 0. The molecule has 0 aliphatic carbocycles. The van der Waals surface area contributed by atoms with E-state index in [1.54, 1.807) is 0 Å². The van der Waals surface area contributed by atoms with Gasteiger partial charge in [-0.1, -0.05) is 0 Å². The minimum absolute atomic E-state index is 0. The first-order chi connectivity index (χ1) is 1.73. The first-order valence-electron chi connectivity index (χ1n) is 0.632. The second-order valence-corrected chi connectivity index (χ2v) is 0.266. The van der Waals surface area contributed by atoms with Gasteiger partial charge in [-0.2, -0.15) is 0 Å². The van der Waals surface area contributed by atoms with Gasteiger partial charge in [0.2, 0.25) is 6.16 Å². The molecular weight excluding hydrogens is 235 g/mol. The smallest absolute Gasteiger partial charge is 0.249 e.